The summed E-state index contributed by atoms with van der Waals surface area (Å²) in [4.78, 5) is -0.499. The van der Waals surface area contributed by atoms with Gasteiger partial charge in [-0.3, -0.25) is 4.31 Å². The van der Waals surface area contributed by atoms with Crippen LogP contribution in [0.5, 0.6) is 5.75 Å². The van der Waals surface area contributed by atoms with Gasteiger partial charge in [-0.15, -0.1) is 9.24 Å². The minimum Gasteiger partial charge on any atom is -0.489 e. The number of halogens is 5. The van der Waals surface area contributed by atoms with E-state index in [9.17, 15) is 26.0 Å². The number of hydrogen-bond donors (Lipinski definition) is 0. The molecule has 168 valence electrons. The summed E-state index contributed by atoms with van der Waals surface area (Å²) in [6.07, 6.45) is -4.69. The number of nitrogens with zero attached hydrogens (tertiary/aromatic N) is 1. The average Bonchev–Trinajstić information content (AvgIpc) is 2.75. The minimum atomic E-state index is -4.69. The van der Waals surface area contributed by atoms with Crippen molar-refractivity contribution in [2.75, 3.05) is 17.5 Å². The average molecular weight is 504 g/mol. The quantitative estimate of drug-likeness (QED) is 0.362. The number of hydrogen-bond acceptors (Lipinski definition) is 3. The molecule has 0 fully saturated rings. The summed E-state index contributed by atoms with van der Waals surface area (Å²) in [5.41, 5.74) is -0.190. The molecule has 1 aliphatic rings. The summed E-state index contributed by atoms with van der Waals surface area (Å²) in [6.45, 7) is -0.0954. The molecule has 0 saturated heterocycles. The van der Waals surface area contributed by atoms with E-state index in [0.29, 0.717) is 22.5 Å². The highest BCUT2D eigenvalue weighted by Crippen LogP contribution is 2.40. The van der Waals surface area contributed by atoms with Crippen LogP contribution in [0.1, 0.15) is 5.56 Å². The van der Waals surface area contributed by atoms with E-state index < -0.39 is 32.5 Å². The van der Waals surface area contributed by atoms with Crippen molar-refractivity contribution in [3.63, 3.8) is 0 Å². The summed E-state index contributed by atoms with van der Waals surface area (Å²) in [6, 6.07) is 10.6. The van der Waals surface area contributed by atoms with Crippen molar-refractivity contribution in [2.45, 2.75) is 11.1 Å². The fourth-order valence-corrected chi connectivity index (χ4v) is 5.42. The molecule has 3 aromatic rings. The maximum absolute atomic E-state index is 14.0. The lowest BCUT2D eigenvalue weighted by molar-refractivity contribution is -0.137. The number of sulfonamides is 1. The monoisotopic (exact) mass is 503 g/mol. The molecular formula is C21H15ClF4NO3PS. The van der Waals surface area contributed by atoms with Crippen LogP contribution in [0.25, 0.3) is 11.1 Å². The molecule has 0 radical (unpaired) electrons. The van der Waals surface area contributed by atoms with Crippen LogP contribution < -0.4 is 14.3 Å². The summed E-state index contributed by atoms with van der Waals surface area (Å²) in [5.74, 6) is -0.300. The van der Waals surface area contributed by atoms with E-state index in [2.05, 4.69) is 9.24 Å². The van der Waals surface area contributed by atoms with E-state index in [1.165, 1.54) is 24.3 Å². The zero-order valence-electron chi connectivity index (χ0n) is 16.2. The molecule has 32 heavy (non-hydrogen) atoms. The van der Waals surface area contributed by atoms with Crippen LogP contribution >= 0.6 is 20.8 Å². The Kier molecular flexibility index (Phi) is 5.86. The molecule has 1 unspecified atom stereocenters. The van der Waals surface area contributed by atoms with Crippen LogP contribution in [-0.2, 0) is 16.2 Å². The molecule has 0 spiro atoms. The number of fused-ring (bicyclic) bond motifs is 1. The Balaban J connectivity index is 1.83. The van der Waals surface area contributed by atoms with Crippen molar-refractivity contribution < 1.29 is 30.7 Å². The van der Waals surface area contributed by atoms with Crippen molar-refractivity contribution in [2.24, 2.45) is 0 Å². The van der Waals surface area contributed by atoms with Crippen molar-refractivity contribution in [3.8, 4) is 16.9 Å². The Labute approximate surface area is 189 Å². The first-order chi connectivity index (χ1) is 15.0. The van der Waals surface area contributed by atoms with Crippen molar-refractivity contribution in [1.82, 2.24) is 0 Å². The molecule has 0 aliphatic carbocycles. The topological polar surface area (TPSA) is 46.6 Å². The maximum atomic E-state index is 14.0. The normalized spacial score (nSPS) is 14.1. The lowest BCUT2D eigenvalue weighted by Gasteiger charge is -2.31. The molecule has 1 heterocycles. The van der Waals surface area contributed by atoms with Crippen LogP contribution in [-0.4, -0.2) is 21.6 Å². The van der Waals surface area contributed by atoms with Crippen molar-refractivity contribution in [1.29, 1.82) is 0 Å². The molecular weight excluding hydrogens is 489 g/mol. The summed E-state index contributed by atoms with van der Waals surface area (Å²) in [5, 5.41) is 0.685. The van der Waals surface area contributed by atoms with Gasteiger partial charge in [-0.2, -0.15) is 13.2 Å². The summed E-state index contributed by atoms with van der Waals surface area (Å²) < 4.78 is 86.3. The van der Waals surface area contributed by atoms with Crippen LogP contribution in [0.3, 0.4) is 0 Å². The Morgan fingerprint density at radius 2 is 1.81 bits per heavy atom. The molecule has 3 aromatic carbocycles. The predicted molar refractivity (Wildman–Crippen MR) is 118 cm³/mol. The zero-order valence-corrected chi connectivity index (χ0v) is 18.9. The van der Waals surface area contributed by atoms with E-state index in [0.717, 1.165) is 22.5 Å². The van der Waals surface area contributed by atoms with Gasteiger partial charge in [-0.25, -0.2) is 12.8 Å². The molecule has 1 atom stereocenters. The second-order valence-electron chi connectivity index (χ2n) is 6.99. The number of anilines is 1. The van der Waals surface area contributed by atoms with E-state index >= 15 is 0 Å². The highest BCUT2D eigenvalue weighted by atomic mass is 35.5. The van der Waals surface area contributed by atoms with Gasteiger partial charge in [0.15, 0.2) is 0 Å². The molecule has 11 heteroatoms. The van der Waals surface area contributed by atoms with Crippen LogP contribution in [0.4, 0.5) is 23.2 Å². The van der Waals surface area contributed by atoms with Crippen LogP contribution in [0, 0.1) is 5.82 Å². The van der Waals surface area contributed by atoms with E-state index in [1.807, 2.05) is 0 Å². The standard InChI is InChI=1S/C21H15ClF4NO3PS/c22-20-16(10-14(23)11-19(20)31)12-4-5-18-17(8-12)27(6-7-30-18)32(28,29)15-3-1-2-13(9-15)21(24,25)26/h1-5,8-11H,6-7,31H2. The van der Waals surface area contributed by atoms with E-state index in [4.69, 9.17) is 16.3 Å². The third-order valence-electron chi connectivity index (χ3n) is 4.91. The largest absolute Gasteiger partial charge is 0.489 e. The third-order valence-corrected chi connectivity index (χ3v) is 7.77. The minimum absolute atomic E-state index is 0.0149. The lowest BCUT2D eigenvalue weighted by atomic mass is 10.0. The number of rotatable bonds is 3. The predicted octanol–water partition coefficient (Wildman–Crippen LogP) is 5.25. The first-order valence-corrected chi connectivity index (χ1v) is 11.6. The molecule has 0 saturated carbocycles. The Bertz CT molecular complexity index is 1310. The SMILES string of the molecule is O=S(=O)(c1cccc(C(F)(F)F)c1)N1CCOc2ccc(-c3cc(F)cc(P)c3Cl)cc21. The number of benzene rings is 3. The van der Waals surface area contributed by atoms with Gasteiger partial charge in [0.05, 0.1) is 27.7 Å². The van der Waals surface area contributed by atoms with Gasteiger partial charge in [0, 0.05) is 5.56 Å². The fourth-order valence-electron chi connectivity index (χ4n) is 3.39. The maximum Gasteiger partial charge on any atom is 0.416 e. The second kappa shape index (κ2) is 8.21. The highest BCUT2D eigenvalue weighted by Gasteiger charge is 2.35. The molecule has 0 bridgehead atoms. The third kappa shape index (κ3) is 4.17. The second-order valence-corrected chi connectivity index (χ2v) is 9.85. The lowest BCUT2D eigenvalue weighted by Crippen LogP contribution is -2.38. The van der Waals surface area contributed by atoms with Gasteiger partial charge >= 0.3 is 6.18 Å². The Hall–Kier alpha value is -2.35. The van der Waals surface area contributed by atoms with Gasteiger partial charge in [-0.1, -0.05) is 23.7 Å². The van der Waals surface area contributed by atoms with Gasteiger partial charge in [0.1, 0.15) is 18.2 Å². The van der Waals surface area contributed by atoms with Crippen LogP contribution in [0.15, 0.2) is 59.5 Å². The molecule has 0 amide bonds. The summed E-state index contributed by atoms with van der Waals surface area (Å²) in [7, 11) is -2.02. The molecule has 4 nitrogen and oxygen atoms in total. The van der Waals surface area contributed by atoms with E-state index in [-0.39, 0.29) is 29.6 Å². The summed E-state index contributed by atoms with van der Waals surface area (Å²) >= 11 is 6.31. The van der Waals surface area contributed by atoms with Crippen molar-refractivity contribution in [3.05, 3.63) is 71.0 Å². The highest BCUT2D eigenvalue weighted by molar-refractivity contribution is 7.92. The molecule has 4 rings (SSSR count). The molecule has 1 aliphatic heterocycles. The number of ether oxygens (including phenoxy) is 1. The smallest absolute Gasteiger partial charge is 0.416 e. The van der Waals surface area contributed by atoms with Gasteiger partial charge < -0.3 is 4.74 Å². The molecule has 0 N–H and O–H groups in total. The Morgan fingerprint density at radius 1 is 1.06 bits per heavy atom. The van der Waals surface area contributed by atoms with Gasteiger partial charge in [0.2, 0.25) is 0 Å². The molecule has 0 aromatic heterocycles. The zero-order chi connectivity index (χ0) is 23.3. The fraction of sp³-hybridized carbons (Fsp3) is 0.143. The van der Waals surface area contributed by atoms with Crippen LogP contribution in [0.2, 0.25) is 5.02 Å². The van der Waals surface area contributed by atoms with Gasteiger partial charge in [-0.05, 0) is 53.3 Å². The first-order valence-electron chi connectivity index (χ1n) is 9.20. The Morgan fingerprint density at radius 3 is 2.53 bits per heavy atom. The van der Waals surface area contributed by atoms with Gasteiger partial charge in [0.25, 0.3) is 10.0 Å². The van der Waals surface area contributed by atoms with Crippen molar-refractivity contribution >= 4 is 41.9 Å². The van der Waals surface area contributed by atoms with E-state index in [1.54, 1.807) is 6.07 Å². The number of alkyl halides is 3. The first kappa shape index (κ1) is 22.8.